The molecule has 2 aromatic rings. The largest absolute Gasteiger partial charge is 0.494 e. The second kappa shape index (κ2) is 12.5. The quantitative estimate of drug-likeness (QED) is 0.248. The van der Waals surface area contributed by atoms with Gasteiger partial charge in [-0.15, -0.1) is 24.0 Å². The van der Waals surface area contributed by atoms with E-state index >= 15 is 0 Å². The Bertz CT molecular complexity index is 681. The Morgan fingerprint density at radius 1 is 1.12 bits per heavy atom. The molecule has 0 bridgehead atoms. The second-order valence-corrected chi connectivity index (χ2v) is 5.49. The Balaban J connectivity index is 0.00000338. The van der Waals surface area contributed by atoms with Crippen molar-refractivity contribution in [1.29, 1.82) is 0 Å². The third-order valence-electron chi connectivity index (χ3n) is 3.50. The van der Waals surface area contributed by atoms with E-state index in [4.69, 9.17) is 15.2 Å². The number of nitrogens with one attached hydrogen (secondary N) is 1. The summed E-state index contributed by atoms with van der Waals surface area (Å²) in [5.41, 5.74) is 7.84. The van der Waals surface area contributed by atoms with Gasteiger partial charge >= 0.3 is 0 Å². The molecule has 5 nitrogen and oxygen atoms in total. The average Bonchev–Trinajstić information content (AvgIpc) is 2.61. The van der Waals surface area contributed by atoms with E-state index in [9.17, 15) is 4.39 Å². The molecular weight excluding hydrogens is 448 g/mol. The number of methoxy groups -OCH3 is 1. The second-order valence-electron chi connectivity index (χ2n) is 5.49. The molecule has 0 heterocycles. The van der Waals surface area contributed by atoms with Crippen LogP contribution in [0, 0.1) is 5.82 Å². The molecule has 0 fully saturated rings. The zero-order chi connectivity index (χ0) is 17.9. The molecule has 142 valence electrons. The molecule has 0 unspecified atom stereocenters. The number of anilines is 1. The number of guanidine groups is 1. The van der Waals surface area contributed by atoms with Crippen molar-refractivity contribution in [2.24, 2.45) is 10.7 Å². The smallest absolute Gasteiger partial charge is 0.193 e. The number of para-hydroxylation sites is 1. The van der Waals surface area contributed by atoms with Gasteiger partial charge in [-0.05, 0) is 43.2 Å². The Labute approximate surface area is 170 Å². The van der Waals surface area contributed by atoms with Gasteiger partial charge in [0.25, 0.3) is 0 Å². The van der Waals surface area contributed by atoms with Crippen LogP contribution in [-0.4, -0.2) is 26.2 Å². The summed E-state index contributed by atoms with van der Waals surface area (Å²) in [5, 5.41) is 3.10. The maximum Gasteiger partial charge on any atom is 0.193 e. The van der Waals surface area contributed by atoms with E-state index in [2.05, 4.69) is 10.3 Å². The summed E-state index contributed by atoms with van der Waals surface area (Å²) in [7, 11) is 1.65. The molecule has 0 aromatic heterocycles. The Morgan fingerprint density at radius 2 is 1.85 bits per heavy atom. The predicted octanol–water partition coefficient (Wildman–Crippen LogP) is 4.18. The maximum absolute atomic E-state index is 12.8. The van der Waals surface area contributed by atoms with E-state index < -0.39 is 0 Å². The Kier molecular flexibility index (Phi) is 10.6. The molecular formula is C19H25FIN3O2. The fraction of sp³-hybridized carbons (Fsp3) is 0.316. The van der Waals surface area contributed by atoms with Crippen LogP contribution in [0.4, 0.5) is 10.1 Å². The van der Waals surface area contributed by atoms with E-state index in [0.29, 0.717) is 31.5 Å². The lowest BCUT2D eigenvalue weighted by Gasteiger charge is -2.10. The van der Waals surface area contributed by atoms with Crippen LogP contribution in [0.2, 0.25) is 0 Å². The fourth-order valence-corrected chi connectivity index (χ4v) is 2.24. The van der Waals surface area contributed by atoms with Crippen LogP contribution in [0.25, 0.3) is 0 Å². The molecule has 26 heavy (non-hydrogen) atoms. The number of nitrogens with zero attached hydrogens (tertiary/aromatic N) is 1. The van der Waals surface area contributed by atoms with E-state index in [0.717, 1.165) is 24.1 Å². The highest BCUT2D eigenvalue weighted by Crippen LogP contribution is 2.15. The number of benzene rings is 2. The number of hydrogen-bond acceptors (Lipinski definition) is 3. The lowest BCUT2D eigenvalue weighted by molar-refractivity contribution is 0.185. The third-order valence-corrected chi connectivity index (χ3v) is 3.50. The van der Waals surface area contributed by atoms with Crippen LogP contribution in [0.1, 0.15) is 18.4 Å². The molecule has 7 heteroatoms. The molecule has 0 amide bonds. The standard InChI is InChI=1S/C19H24FN3O2.HI/c1-24-14-15-6-2-3-7-18(15)23-19(21)22-12-4-5-13-25-17-10-8-16(20)9-11-17;/h2-3,6-11H,4-5,12-14H2,1H3,(H3,21,22,23);1H. The fourth-order valence-electron chi connectivity index (χ4n) is 2.24. The Hall–Kier alpha value is -1.87. The van der Waals surface area contributed by atoms with Gasteiger partial charge in [-0.3, -0.25) is 4.99 Å². The molecule has 2 aromatic carbocycles. The molecule has 0 saturated carbocycles. The van der Waals surface area contributed by atoms with Crippen LogP contribution in [0.5, 0.6) is 5.75 Å². The van der Waals surface area contributed by atoms with Crippen molar-refractivity contribution in [2.45, 2.75) is 19.4 Å². The lowest BCUT2D eigenvalue weighted by Crippen LogP contribution is -2.23. The van der Waals surface area contributed by atoms with Crippen molar-refractivity contribution in [3.05, 3.63) is 59.9 Å². The van der Waals surface area contributed by atoms with Crippen molar-refractivity contribution < 1.29 is 13.9 Å². The van der Waals surface area contributed by atoms with Crippen molar-refractivity contribution in [3.8, 4) is 5.75 Å². The van der Waals surface area contributed by atoms with Crippen molar-refractivity contribution >= 4 is 35.6 Å². The van der Waals surface area contributed by atoms with Crippen LogP contribution in [-0.2, 0) is 11.3 Å². The number of halogens is 2. The number of nitrogens with two attached hydrogens (primary N) is 1. The maximum atomic E-state index is 12.8. The summed E-state index contributed by atoms with van der Waals surface area (Å²) in [6, 6.07) is 13.8. The van der Waals surface area contributed by atoms with Gasteiger partial charge in [0, 0.05) is 24.9 Å². The van der Waals surface area contributed by atoms with E-state index in [1.165, 1.54) is 12.1 Å². The van der Waals surface area contributed by atoms with Gasteiger partial charge in [-0.25, -0.2) is 4.39 Å². The first-order chi connectivity index (χ1) is 12.2. The van der Waals surface area contributed by atoms with Gasteiger partial charge in [-0.2, -0.15) is 0 Å². The zero-order valence-electron chi connectivity index (χ0n) is 14.8. The van der Waals surface area contributed by atoms with E-state index in [1.807, 2.05) is 24.3 Å². The summed E-state index contributed by atoms with van der Waals surface area (Å²) in [6.45, 7) is 1.68. The van der Waals surface area contributed by atoms with Crippen molar-refractivity contribution in [3.63, 3.8) is 0 Å². The summed E-state index contributed by atoms with van der Waals surface area (Å²) in [6.07, 6.45) is 1.69. The van der Waals surface area contributed by atoms with Gasteiger partial charge in [-0.1, -0.05) is 18.2 Å². The first-order valence-electron chi connectivity index (χ1n) is 8.21. The first-order valence-corrected chi connectivity index (χ1v) is 8.21. The topological polar surface area (TPSA) is 68.9 Å². The molecule has 0 spiro atoms. The summed E-state index contributed by atoms with van der Waals surface area (Å²) < 4.78 is 23.5. The van der Waals surface area contributed by atoms with Gasteiger partial charge in [0.1, 0.15) is 11.6 Å². The normalized spacial score (nSPS) is 10.9. The van der Waals surface area contributed by atoms with Gasteiger partial charge in [0.15, 0.2) is 5.96 Å². The van der Waals surface area contributed by atoms with Crippen molar-refractivity contribution in [1.82, 2.24) is 0 Å². The van der Waals surface area contributed by atoms with Crippen LogP contribution < -0.4 is 15.8 Å². The minimum atomic E-state index is -0.267. The number of ether oxygens (including phenoxy) is 2. The number of rotatable bonds is 9. The molecule has 3 N–H and O–H groups in total. The molecule has 0 atom stereocenters. The average molecular weight is 473 g/mol. The lowest BCUT2D eigenvalue weighted by atomic mass is 10.2. The number of hydrogen-bond donors (Lipinski definition) is 2. The highest BCUT2D eigenvalue weighted by Gasteiger charge is 2.02. The van der Waals surface area contributed by atoms with Gasteiger partial charge < -0.3 is 20.5 Å². The van der Waals surface area contributed by atoms with Crippen molar-refractivity contribution in [2.75, 3.05) is 25.6 Å². The van der Waals surface area contributed by atoms with E-state index in [-0.39, 0.29) is 29.8 Å². The zero-order valence-corrected chi connectivity index (χ0v) is 17.1. The Morgan fingerprint density at radius 3 is 2.58 bits per heavy atom. The molecule has 0 radical (unpaired) electrons. The van der Waals surface area contributed by atoms with E-state index in [1.54, 1.807) is 19.2 Å². The van der Waals surface area contributed by atoms with Gasteiger partial charge in [0.2, 0.25) is 0 Å². The van der Waals surface area contributed by atoms with Gasteiger partial charge in [0.05, 0.1) is 13.2 Å². The van der Waals surface area contributed by atoms with Crippen LogP contribution in [0.3, 0.4) is 0 Å². The summed E-state index contributed by atoms with van der Waals surface area (Å²) >= 11 is 0. The molecule has 0 aliphatic heterocycles. The number of unbranched alkanes of at least 4 members (excludes halogenated alkanes) is 1. The monoisotopic (exact) mass is 473 g/mol. The molecule has 0 aliphatic carbocycles. The number of aliphatic imine (C=N–C) groups is 1. The minimum absolute atomic E-state index is 0. The molecule has 0 saturated heterocycles. The minimum Gasteiger partial charge on any atom is -0.494 e. The molecule has 0 aliphatic rings. The predicted molar refractivity (Wildman–Crippen MR) is 114 cm³/mol. The molecule has 2 rings (SSSR count). The highest BCUT2D eigenvalue weighted by atomic mass is 127. The third kappa shape index (κ3) is 8.01. The first kappa shape index (κ1) is 22.2. The SMILES string of the molecule is COCc1ccccc1NC(N)=NCCCCOc1ccc(F)cc1.I. The summed E-state index contributed by atoms with van der Waals surface area (Å²) in [4.78, 5) is 4.31. The van der Waals surface area contributed by atoms with Crippen LogP contribution in [0.15, 0.2) is 53.5 Å². The highest BCUT2D eigenvalue weighted by molar-refractivity contribution is 14.0. The van der Waals surface area contributed by atoms with Crippen LogP contribution >= 0.6 is 24.0 Å². The summed E-state index contributed by atoms with van der Waals surface area (Å²) in [5.74, 6) is 0.778.